The maximum atomic E-state index is 11.6. The van der Waals surface area contributed by atoms with E-state index in [0.717, 1.165) is 22.4 Å². The fraction of sp³-hybridized carbons (Fsp3) is 0.158. The predicted molar refractivity (Wildman–Crippen MR) is 107 cm³/mol. The van der Waals surface area contributed by atoms with E-state index in [9.17, 15) is 4.79 Å². The van der Waals surface area contributed by atoms with Gasteiger partial charge in [0, 0.05) is 29.8 Å². The molecule has 1 aromatic carbocycles. The maximum absolute atomic E-state index is 11.6. The first kappa shape index (κ1) is 19.1. The van der Waals surface area contributed by atoms with Crippen molar-refractivity contribution in [3.63, 3.8) is 0 Å². The van der Waals surface area contributed by atoms with E-state index in [1.165, 1.54) is 25.3 Å². The second-order valence-corrected chi connectivity index (χ2v) is 6.96. The van der Waals surface area contributed by atoms with Crippen LogP contribution in [0.3, 0.4) is 0 Å². The minimum absolute atomic E-state index is 0.335. The predicted octanol–water partition coefficient (Wildman–Crippen LogP) is 4.71. The van der Waals surface area contributed by atoms with Crippen LogP contribution in [-0.4, -0.2) is 28.0 Å². The van der Waals surface area contributed by atoms with Crippen LogP contribution in [0.1, 0.15) is 21.5 Å². The van der Waals surface area contributed by atoms with Crippen molar-refractivity contribution in [1.82, 2.24) is 15.0 Å². The number of methoxy groups -OCH3 is 1. The van der Waals surface area contributed by atoms with E-state index in [2.05, 4.69) is 19.7 Å². The zero-order valence-electron chi connectivity index (χ0n) is 15.0. The van der Waals surface area contributed by atoms with Crippen molar-refractivity contribution in [2.45, 2.75) is 18.9 Å². The van der Waals surface area contributed by atoms with Crippen LogP contribution in [-0.2, 0) is 4.74 Å². The summed E-state index contributed by atoms with van der Waals surface area (Å²) in [5.74, 6) is -0.0639. The quantitative estimate of drug-likeness (QED) is 0.377. The topological polar surface area (TPSA) is 77.0 Å². The summed E-state index contributed by atoms with van der Waals surface area (Å²) in [6.45, 7) is 4.06. The Kier molecular flexibility index (Phi) is 5.93. The van der Waals surface area contributed by atoms with E-state index in [1.807, 2.05) is 32.0 Å². The number of carbonyl (C=O) groups excluding carboxylic acids is 1. The van der Waals surface area contributed by atoms with Crippen molar-refractivity contribution in [2.75, 3.05) is 11.8 Å². The van der Waals surface area contributed by atoms with Gasteiger partial charge in [0.2, 0.25) is 5.95 Å². The molecule has 0 amide bonds. The zero-order valence-corrected chi connectivity index (χ0v) is 16.6. The first-order valence-corrected chi connectivity index (χ1v) is 9.26. The molecule has 0 spiro atoms. The summed E-state index contributed by atoms with van der Waals surface area (Å²) in [4.78, 5) is 24.6. The highest BCUT2D eigenvalue weighted by Gasteiger charge is 2.12. The number of esters is 1. The molecular formula is C19H17ClN4O2S. The van der Waals surface area contributed by atoms with Crippen molar-refractivity contribution < 1.29 is 9.53 Å². The lowest BCUT2D eigenvalue weighted by Crippen LogP contribution is -2.02. The number of rotatable bonds is 5. The molecule has 0 unspecified atom stereocenters. The molecule has 0 aliphatic rings. The molecule has 0 fully saturated rings. The number of aromatic nitrogens is 3. The third-order valence-corrected chi connectivity index (χ3v) is 4.75. The summed E-state index contributed by atoms with van der Waals surface area (Å²) in [6.07, 6.45) is 1.54. The second kappa shape index (κ2) is 8.37. The van der Waals surface area contributed by atoms with Gasteiger partial charge in [0.1, 0.15) is 10.2 Å². The minimum atomic E-state index is -0.421. The van der Waals surface area contributed by atoms with Crippen molar-refractivity contribution >= 4 is 35.5 Å². The van der Waals surface area contributed by atoms with Gasteiger partial charge in [-0.1, -0.05) is 29.8 Å². The number of ether oxygens (including phenoxy) is 1. The number of anilines is 1. The molecule has 138 valence electrons. The highest BCUT2D eigenvalue weighted by molar-refractivity contribution is 8.00. The van der Waals surface area contributed by atoms with Crippen LogP contribution in [0.2, 0.25) is 5.15 Å². The van der Waals surface area contributed by atoms with Gasteiger partial charge in [-0.3, -0.25) is 4.72 Å². The smallest absolute Gasteiger partial charge is 0.337 e. The number of hydrogen-bond donors (Lipinski definition) is 1. The lowest BCUT2D eigenvalue weighted by Gasteiger charge is -2.11. The Labute approximate surface area is 166 Å². The van der Waals surface area contributed by atoms with Crippen molar-refractivity contribution in [3.8, 4) is 11.3 Å². The Balaban J connectivity index is 1.85. The molecule has 6 nitrogen and oxygen atoms in total. The summed E-state index contributed by atoms with van der Waals surface area (Å²) >= 11 is 7.38. The number of carbonyl (C=O) groups is 1. The molecule has 3 rings (SSSR count). The van der Waals surface area contributed by atoms with E-state index >= 15 is 0 Å². The molecular weight excluding hydrogens is 384 g/mol. The number of nitrogens with one attached hydrogen (secondary N) is 1. The average molecular weight is 401 g/mol. The molecule has 0 aliphatic carbocycles. The maximum Gasteiger partial charge on any atom is 0.337 e. The summed E-state index contributed by atoms with van der Waals surface area (Å²) in [6, 6.07) is 11.0. The molecule has 0 radical (unpaired) electrons. The minimum Gasteiger partial charge on any atom is -0.465 e. The van der Waals surface area contributed by atoms with Crippen LogP contribution < -0.4 is 4.72 Å². The van der Waals surface area contributed by atoms with Crippen molar-refractivity contribution in [3.05, 3.63) is 64.4 Å². The third-order valence-electron chi connectivity index (χ3n) is 3.83. The fourth-order valence-electron chi connectivity index (χ4n) is 2.62. The molecule has 2 aromatic heterocycles. The van der Waals surface area contributed by atoms with Gasteiger partial charge in [0.05, 0.1) is 18.4 Å². The monoisotopic (exact) mass is 400 g/mol. The highest BCUT2D eigenvalue weighted by Crippen LogP contribution is 2.29. The molecule has 1 N–H and O–H groups in total. The van der Waals surface area contributed by atoms with Gasteiger partial charge in [0.15, 0.2) is 0 Å². The number of aryl methyl sites for hydroxylation is 2. The molecule has 2 heterocycles. The van der Waals surface area contributed by atoms with E-state index < -0.39 is 5.97 Å². The standard InChI is InChI=1S/C19H17ClN4O2S/c1-11-5-4-6-12(2)17(11)14-10-15(20)23-19(22-14)24-27-16-9-13(7-8-21-16)18(25)26-3/h4-10H,1-3H3,(H,22,23,24). The number of pyridine rings is 1. The van der Waals surface area contributed by atoms with Crippen LogP contribution >= 0.6 is 23.5 Å². The second-order valence-electron chi connectivity index (χ2n) is 5.74. The zero-order chi connectivity index (χ0) is 19.4. The van der Waals surface area contributed by atoms with Crippen molar-refractivity contribution in [2.24, 2.45) is 0 Å². The lowest BCUT2D eigenvalue weighted by molar-refractivity contribution is 0.0600. The number of nitrogens with zero attached hydrogens (tertiary/aromatic N) is 3. The van der Waals surface area contributed by atoms with Gasteiger partial charge in [-0.25, -0.2) is 19.7 Å². The Bertz CT molecular complexity index is 977. The Hall–Kier alpha value is -2.64. The van der Waals surface area contributed by atoms with Crippen molar-refractivity contribution in [1.29, 1.82) is 0 Å². The third kappa shape index (κ3) is 4.56. The number of benzene rings is 1. The molecule has 27 heavy (non-hydrogen) atoms. The average Bonchev–Trinajstić information content (AvgIpc) is 2.65. The van der Waals surface area contributed by atoms with Crippen LogP contribution in [0.4, 0.5) is 5.95 Å². The van der Waals surface area contributed by atoms with Gasteiger partial charge >= 0.3 is 5.97 Å². The van der Waals surface area contributed by atoms with Crippen LogP contribution in [0.15, 0.2) is 47.6 Å². The fourth-order valence-corrected chi connectivity index (χ4v) is 3.39. The molecule has 0 saturated heterocycles. The van der Waals surface area contributed by atoms with Gasteiger partial charge < -0.3 is 4.74 Å². The molecule has 0 atom stereocenters. The molecule has 0 saturated carbocycles. The van der Waals surface area contributed by atoms with Gasteiger partial charge in [0.25, 0.3) is 0 Å². The number of hydrogen-bond acceptors (Lipinski definition) is 7. The Morgan fingerprint density at radius 2 is 1.89 bits per heavy atom. The molecule has 3 aromatic rings. The first-order valence-electron chi connectivity index (χ1n) is 8.06. The molecule has 0 bridgehead atoms. The van der Waals surface area contributed by atoms with E-state index in [4.69, 9.17) is 16.3 Å². The summed E-state index contributed by atoms with van der Waals surface area (Å²) in [5, 5.41) is 0.914. The van der Waals surface area contributed by atoms with Gasteiger partial charge in [-0.05, 0) is 37.1 Å². The first-order chi connectivity index (χ1) is 13.0. The Morgan fingerprint density at radius 3 is 2.59 bits per heavy atom. The van der Waals surface area contributed by atoms with E-state index in [0.29, 0.717) is 21.7 Å². The van der Waals surface area contributed by atoms with Crippen LogP contribution in [0.25, 0.3) is 11.3 Å². The largest absolute Gasteiger partial charge is 0.465 e. The number of halogens is 1. The van der Waals surface area contributed by atoms with E-state index in [1.54, 1.807) is 18.2 Å². The normalized spacial score (nSPS) is 10.5. The summed E-state index contributed by atoms with van der Waals surface area (Å²) < 4.78 is 7.75. The summed E-state index contributed by atoms with van der Waals surface area (Å²) in [7, 11) is 1.34. The molecule has 0 aliphatic heterocycles. The SMILES string of the molecule is COC(=O)c1ccnc(SNc2nc(Cl)cc(-c3c(C)cccc3C)n2)c1. The van der Waals surface area contributed by atoms with Crippen LogP contribution in [0.5, 0.6) is 0 Å². The van der Waals surface area contributed by atoms with E-state index in [-0.39, 0.29) is 0 Å². The van der Waals surface area contributed by atoms with Gasteiger partial charge in [-0.2, -0.15) is 0 Å². The van der Waals surface area contributed by atoms with Crippen LogP contribution in [0, 0.1) is 13.8 Å². The highest BCUT2D eigenvalue weighted by atomic mass is 35.5. The van der Waals surface area contributed by atoms with Gasteiger partial charge in [-0.15, -0.1) is 0 Å². The molecule has 8 heteroatoms. The Morgan fingerprint density at radius 1 is 1.15 bits per heavy atom. The summed E-state index contributed by atoms with van der Waals surface area (Å²) in [5.41, 5.74) is 4.40. The lowest BCUT2D eigenvalue weighted by atomic mass is 10.00.